The molecule has 2 aromatic rings. The van der Waals surface area contributed by atoms with Crippen LogP contribution in [0.15, 0.2) is 27.4 Å². The first-order valence-electron chi connectivity index (χ1n) is 5.99. The van der Waals surface area contributed by atoms with Crippen molar-refractivity contribution >= 4 is 22.9 Å². The Balaban J connectivity index is 1.81. The van der Waals surface area contributed by atoms with Gasteiger partial charge >= 0.3 is 11.8 Å². The number of amides is 1. The molecule has 0 aliphatic carbocycles. The first kappa shape index (κ1) is 11.6. The molecule has 0 radical (unpaired) electrons. The Morgan fingerprint density at radius 2 is 2.00 bits per heavy atom. The van der Waals surface area contributed by atoms with E-state index in [1.54, 1.807) is 12.1 Å². The van der Waals surface area contributed by atoms with Gasteiger partial charge in [-0.1, -0.05) is 0 Å². The Labute approximate surface area is 108 Å². The van der Waals surface area contributed by atoms with Crippen LogP contribution >= 0.6 is 0 Å². The fourth-order valence-electron chi connectivity index (χ4n) is 2.29. The SMILES string of the molecule is O=C(O)N1CCN(c2ccc3[nH]c(=O)oc3c2)CC1. The Kier molecular flexibility index (Phi) is 2.66. The van der Waals surface area contributed by atoms with Gasteiger partial charge in [-0.15, -0.1) is 0 Å². The summed E-state index contributed by atoms with van der Waals surface area (Å²) in [6, 6.07) is 5.48. The van der Waals surface area contributed by atoms with E-state index in [9.17, 15) is 9.59 Å². The fourth-order valence-corrected chi connectivity index (χ4v) is 2.29. The quantitative estimate of drug-likeness (QED) is 0.798. The van der Waals surface area contributed by atoms with Crippen LogP contribution in [0.5, 0.6) is 0 Å². The van der Waals surface area contributed by atoms with E-state index in [-0.39, 0.29) is 0 Å². The van der Waals surface area contributed by atoms with E-state index < -0.39 is 11.8 Å². The van der Waals surface area contributed by atoms with Crippen molar-refractivity contribution in [3.63, 3.8) is 0 Å². The lowest BCUT2D eigenvalue weighted by Crippen LogP contribution is -2.48. The number of hydrogen-bond acceptors (Lipinski definition) is 4. The van der Waals surface area contributed by atoms with Crippen molar-refractivity contribution in [1.82, 2.24) is 9.88 Å². The highest BCUT2D eigenvalue weighted by molar-refractivity contribution is 5.77. The number of rotatable bonds is 1. The maximum Gasteiger partial charge on any atom is 0.417 e. The molecule has 100 valence electrons. The number of carboxylic acid groups (broad SMARTS) is 1. The van der Waals surface area contributed by atoms with Gasteiger partial charge in [0, 0.05) is 37.9 Å². The third-order valence-electron chi connectivity index (χ3n) is 3.32. The van der Waals surface area contributed by atoms with E-state index in [4.69, 9.17) is 9.52 Å². The first-order valence-corrected chi connectivity index (χ1v) is 5.99. The number of fused-ring (bicyclic) bond motifs is 1. The Hall–Kier alpha value is -2.44. The molecule has 1 aromatic carbocycles. The van der Waals surface area contributed by atoms with Crippen LogP contribution in [0.1, 0.15) is 0 Å². The van der Waals surface area contributed by atoms with Gasteiger partial charge in [-0.25, -0.2) is 9.59 Å². The molecule has 1 aromatic heterocycles. The lowest BCUT2D eigenvalue weighted by atomic mass is 10.2. The molecule has 19 heavy (non-hydrogen) atoms. The van der Waals surface area contributed by atoms with E-state index in [0.29, 0.717) is 37.3 Å². The van der Waals surface area contributed by atoms with E-state index in [1.165, 1.54) is 4.90 Å². The predicted octanol–water partition coefficient (Wildman–Crippen LogP) is 0.921. The number of hydrogen-bond donors (Lipinski definition) is 2. The van der Waals surface area contributed by atoms with Gasteiger partial charge < -0.3 is 19.3 Å². The van der Waals surface area contributed by atoms with Gasteiger partial charge in [0.1, 0.15) is 0 Å². The van der Waals surface area contributed by atoms with Gasteiger partial charge in [0.05, 0.1) is 5.52 Å². The topological polar surface area (TPSA) is 89.8 Å². The zero-order chi connectivity index (χ0) is 13.4. The number of piperazine rings is 1. The van der Waals surface area contributed by atoms with Crippen LogP contribution in [0.2, 0.25) is 0 Å². The molecule has 1 saturated heterocycles. The lowest BCUT2D eigenvalue weighted by molar-refractivity contribution is 0.142. The average molecular weight is 263 g/mol. The summed E-state index contributed by atoms with van der Waals surface area (Å²) >= 11 is 0. The van der Waals surface area contributed by atoms with Crippen molar-refractivity contribution in [3.05, 3.63) is 28.7 Å². The number of anilines is 1. The van der Waals surface area contributed by atoms with Crippen molar-refractivity contribution in [1.29, 1.82) is 0 Å². The summed E-state index contributed by atoms with van der Waals surface area (Å²) in [4.78, 5) is 28.0. The van der Waals surface area contributed by atoms with E-state index >= 15 is 0 Å². The van der Waals surface area contributed by atoms with Gasteiger partial charge in [0.15, 0.2) is 5.58 Å². The summed E-state index contributed by atoms with van der Waals surface area (Å²) in [6.45, 7) is 2.22. The number of oxazole rings is 1. The second kappa shape index (κ2) is 4.34. The van der Waals surface area contributed by atoms with Crippen LogP contribution in [-0.2, 0) is 0 Å². The average Bonchev–Trinajstić information content (AvgIpc) is 2.77. The molecule has 2 heterocycles. The number of H-pyrrole nitrogens is 1. The Bertz CT molecular complexity index is 667. The van der Waals surface area contributed by atoms with Crippen molar-refractivity contribution in [2.24, 2.45) is 0 Å². The van der Waals surface area contributed by atoms with Gasteiger partial charge in [-0.2, -0.15) is 0 Å². The molecule has 0 bridgehead atoms. The molecule has 1 aliphatic heterocycles. The van der Waals surface area contributed by atoms with Crippen LogP contribution < -0.4 is 10.7 Å². The smallest absolute Gasteiger partial charge is 0.417 e. The number of nitrogens with zero attached hydrogens (tertiary/aromatic N) is 2. The zero-order valence-electron chi connectivity index (χ0n) is 10.1. The standard InChI is InChI=1S/C12H13N3O4/c16-11-13-9-2-1-8(7-10(9)19-11)14-3-5-15(6-4-14)12(17)18/h1-2,7H,3-6H2,(H,13,16)(H,17,18). The summed E-state index contributed by atoms with van der Waals surface area (Å²) in [5.41, 5.74) is 2.11. The van der Waals surface area contributed by atoms with Crippen LogP contribution in [0.4, 0.5) is 10.5 Å². The van der Waals surface area contributed by atoms with Crippen molar-refractivity contribution in [2.45, 2.75) is 0 Å². The van der Waals surface area contributed by atoms with E-state index in [1.807, 2.05) is 6.07 Å². The van der Waals surface area contributed by atoms with E-state index in [2.05, 4.69) is 9.88 Å². The molecular weight excluding hydrogens is 250 g/mol. The Morgan fingerprint density at radius 1 is 1.26 bits per heavy atom. The molecule has 2 N–H and O–H groups in total. The van der Waals surface area contributed by atoms with Gasteiger partial charge in [0.25, 0.3) is 0 Å². The number of nitrogens with one attached hydrogen (secondary N) is 1. The lowest BCUT2D eigenvalue weighted by Gasteiger charge is -2.34. The maximum absolute atomic E-state index is 11.1. The summed E-state index contributed by atoms with van der Waals surface area (Å²) in [5, 5.41) is 8.89. The normalized spacial score (nSPS) is 16.0. The van der Waals surface area contributed by atoms with Gasteiger partial charge in [-0.3, -0.25) is 4.98 Å². The molecule has 3 rings (SSSR count). The molecule has 0 unspecified atom stereocenters. The first-order chi connectivity index (χ1) is 9.13. The number of carbonyl (C=O) groups is 1. The number of aromatic amines is 1. The van der Waals surface area contributed by atoms with Crippen LogP contribution in [0.3, 0.4) is 0 Å². The zero-order valence-corrected chi connectivity index (χ0v) is 10.1. The van der Waals surface area contributed by atoms with Crippen molar-refractivity contribution in [3.8, 4) is 0 Å². The fraction of sp³-hybridized carbons (Fsp3) is 0.333. The van der Waals surface area contributed by atoms with Crippen molar-refractivity contribution < 1.29 is 14.3 Å². The minimum Gasteiger partial charge on any atom is -0.465 e. The van der Waals surface area contributed by atoms with Crippen LogP contribution in [-0.4, -0.2) is 47.3 Å². The second-order valence-electron chi connectivity index (χ2n) is 4.45. The summed E-state index contributed by atoms with van der Waals surface area (Å²) in [5.74, 6) is -0.470. The summed E-state index contributed by atoms with van der Waals surface area (Å²) in [7, 11) is 0. The minimum absolute atomic E-state index is 0.470. The molecule has 0 saturated carbocycles. The molecule has 0 spiro atoms. The monoisotopic (exact) mass is 263 g/mol. The van der Waals surface area contributed by atoms with Crippen LogP contribution in [0.25, 0.3) is 11.1 Å². The molecule has 1 amide bonds. The number of benzene rings is 1. The maximum atomic E-state index is 11.1. The molecular formula is C12H13N3O4. The predicted molar refractivity (Wildman–Crippen MR) is 68.6 cm³/mol. The minimum atomic E-state index is -0.883. The highest BCUT2D eigenvalue weighted by Crippen LogP contribution is 2.21. The third kappa shape index (κ3) is 2.14. The molecule has 7 nitrogen and oxygen atoms in total. The third-order valence-corrected chi connectivity index (χ3v) is 3.32. The molecule has 1 aliphatic rings. The molecule has 7 heteroatoms. The van der Waals surface area contributed by atoms with E-state index in [0.717, 1.165) is 5.69 Å². The highest BCUT2D eigenvalue weighted by Gasteiger charge is 2.20. The van der Waals surface area contributed by atoms with Gasteiger partial charge in [-0.05, 0) is 12.1 Å². The molecule has 1 fully saturated rings. The second-order valence-corrected chi connectivity index (χ2v) is 4.45. The highest BCUT2D eigenvalue weighted by atomic mass is 16.4. The number of aromatic nitrogens is 1. The summed E-state index contributed by atoms with van der Waals surface area (Å²) in [6.07, 6.45) is -0.883. The van der Waals surface area contributed by atoms with Crippen LogP contribution in [0, 0.1) is 0 Å². The summed E-state index contributed by atoms with van der Waals surface area (Å²) < 4.78 is 5.02. The van der Waals surface area contributed by atoms with Gasteiger partial charge in [0.2, 0.25) is 0 Å². The Morgan fingerprint density at radius 3 is 2.68 bits per heavy atom. The van der Waals surface area contributed by atoms with Crippen molar-refractivity contribution in [2.75, 3.05) is 31.1 Å². The largest absolute Gasteiger partial charge is 0.465 e. The molecule has 0 atom stereocenters.